The monoisotopic (exact) mass is 520 g/mol. The zero-order valence-corrected chi connectivity index (χ0v) is 21.6. The van der Waals surface area contributed by atoms with Gasteiger partial charge in [-0.15, -0.1) is 0 Å². The number of halogens is 2. The lowest BCUT2D eigenvalue weighted by Crippen LogP contribution is -2.54. The molecule has 4 rings (SSSR count). The van der Waals surface area contributed by atoms with Crippen LogP contribution in [0.25, 0.3) is 0 Å². The molecule has 35 heavy (non-hydrogen) atoms. The molecule has 1 aromatic carbocycles. The molecule has 0 spiro atoms. The van der Waals surface area contributed by atoms with Crippen LogP contribution in [0.1, 0.15) is 24.2 Å². The third-order valence-corrected chi connectivity index (χ3v) is 7.49. The molecule has 188 valence electrons. The minimum atomic E-state index is -0.366. The lowest BCUT2D eigenvalue weighted by atomic mass is 10.1. The van der Waals surface area contributed by atoms with E-state index >= 15 is 0 Å². The zero-order chi connectivity index (χ0) is 24.9. The number of amides is 2. The number of carbonyl (C=O) groups excluding carboxylic acids is 2. The van der Waals surface area contributed by atoms with Gasteiger partial charge in [-0.25, -0.2) is 14.4 Å². The summed E-state index contributed by atoms with van der Waals surface area (Å²) in [4.78, 5) is 42.6. The molecule has 3 heterocycles. The van der Waals surface area contributed by atoms with E-state index < -0.39 is 0 Å². The summed E-state index contributed by atoms with van der Waals surface area (Å²) in [5.74, 6) is 0.541. The van der Waals surface area contributed by atoms with Gasteiger partial charge in [0.1, 0.15) is 16.8 Å². The molecule has 0 radical (unpaired) electrons. The van der Waals surface area contributed by atoms with E-state index in [4.69, 9.17) is 11.6 Å². The Morgan fingerprint density at radius 1 is 1.09 bits per heavy atom. The fraction of sp³-hybridized carbons (Fsp3) is 0.500. The van der Waals surface area contributed by atoms with Gasteiger partial charge in [0.05, 0.1) is 5.75 Å². The van der Waals surface area contributed by atoms with Crippen molar-refractivity contribution in [3.8, 4) is 0 Å². The van der Waals surface area contributed by atoms with Crippen molar-refractivity contribution in [3.63, 3.8) is 0 Å². The fourth-order valence-electron chi connectivity index (χ4n) is 4.37. The van der Waals surface area contributed by atoms with Gasteiger partial charge in [0.25, 0.3) is 5.91 Å². The lowest BCUT2D eigenvalue weighted by Gasteiger charge is -2.40. The molecule has 0 N–H and O–H groups in total. The Morgan fingerprint density at radius 2 is 1.80 bits per heavy atom. The predicted octanol–water partition coefficient (Wildman–Crippen LogP) is 2.88. The topological polar surface area (TPSA) is 72.9 Å². The SMILES string of the molecule is CCN1CCN(C(=O)CSc2nc(Cl)cc(N3CCN(C(=O)c4ccc(F)cc4)C(C)C3)n2)CC1. The van der Waals surface area contributed by atoms with Gasteiger partial charge in [0, 0.05) is 63.5 Å². The molecular weight excluding hydrogens is 491 g/mol. The average Bonchev–Trinajstić information content (AvgIpc) is 2.87. The van der Waals surface area contributed by atoms with Gasteiger partial charge in [-0.1, -0.05) is 30.3 Å². The second-order valence-electron chi connectivity index (χ2n) is 8.74. The van der Waals surface area contributed by atoms with Gasteiger partial charge in [-0.3, -0.25) is 9.59 Å². The predicted molar refractivity (Wildman–Crippen MR) is 136 cm³/mol. The van der Waals surface area contributed by atoms with Gasteiger partial charge < -0.3 is 19.6 Å². The quantitative estimate of drug-likeness (QED) is 0.329. The minimum absolute atomic E-state index is 0.0745. The van der Waals surface area contributed by atoms with Gasteiger partial charge in [0.15, 0.2) is 5.16 Å². The summed E-state index contributed by atoms with van der Waals surface area (Å²) >= 11 is 7.58. The van der Waals surface area contributed by atoms with Gasteiger partial charge >= 0.3 is 0 Å². The number of aromatic nitrogens is 2. The van der Waals surface area contributed by atoms with Crippen LogP contribution in [0.4, 0.5) is 10.2 Å². The highest BCUT2D eigenvalue weighted by atomic mass is 35.5. The number of carbonyl (C=O) groups is 2. The van der Waals surface area contributed by atoms with E-state index in [1.54, 1.807) is 11.0 Å². The van der Waals surface area contributed by atoms with Crippen molar-refractivity contribution in [2.75, 3.05) is 63.0 Å². The van der Waals surface area contributed by atoms with Crippen LogP contribution in [-0.2, 0) is 4.79 Å². The van der Waals surface area contributed by atoms with Crippen LogP contribution in [0.3, 0.4) is 0 Å². The maximum absolute atomic E-state index is 13.2. The number of likely N-dealkylation sites (N-methyl/N-ethyl adjacent to an activating group) is 1. The molecule has 0 aliphatic carbocycles. The molecule has 2 aromatic rings. The third kappa shape index (κ3) is 6.42. The van der Waals surface area contributed by atoms with E-state index in [-0.39, 0.29) is 29.4 Å². The van der Waals surface area contributed by atoms with Crippen molar-refractivity contribution >= 4 is 41.0 Å². The first kappa shape index (κ1) is 25.7. The van der Waals surface area contributed by atoms with E-state index in [0.717, 1.165) is 32.7 Å². The number of anilines is 1. The highest BCUT2D eigenvalue weighted by Gasteiger charge is 2.29. The van der Waals surface area contributed by atoms with Gasteiger partial charge in [-0.05, 0) is 37.7 Å². The largest absolute Gasteiger partial charge is 0.353 e. The minimum Gasteiger partial charge on any atom is -0.353 e. The molecule has 2 amide bonds. The second-order valence-corrected chi connectivity index (χ2v) is 10.1. The van der Waals surface area contributed by atoms with Crippen LogP contribution >= 0.6 is 23.4 Å². The van der Waals surface area contributed by atoms with Crippen molar-refractivity contribution in [2.24, 2.45) is 0 Å². The standard InChI is InChI=1S/C24H30ClFN6O2S/c1-3-29-8-10-30(11-9-29)22(33)16-35-24-27-20(25)14-21(28-24)31-12-13-32(17(2)15-31)23(34)18-4-6-19(26)7-5-18/h4-7,14,17H,3,8-13,15-16H2,1-2H3. The highest BCUT2D eigenvalue weighted by molar-refractivity contribution is 7.99. The molecule has 0 bridgehead atoms. The smallest absolute Gasteiger partial charge is 0.254 e. The number of nitrogens with zero attached hydrogens (tertiary/aromatic N) is 6. The molecule has 2 fully saturated rings. The summed E-state index contributed by atoms with van der Waals surface area (Å²) in [6.07, 6.45) is 0. The van der Waals surface area contributed by atoms with Gasteiger partial charge in [-0.2, -0.15) is 0 Å². The summed E-state index contributed by atoms with van der Waals surface area (Å²) in [6, 6.07) is 7.25. The first-order valence-electron chi connectivity index (χ1n) is 11.8. The van der Waals surface area contributed by atoms with E-state index in [0.29, 0.717) is 41.3 Å². The van der Waals surface area contributed by atoms with E-state index in [1.165, 1.54) is 36.0 Å². The molecule has 1 atom stereocenters. The molecule has 1 unspecified atom stereocenters. The Balaban J connectivity index is 1.35. The molecule has 8 nitrogen and oxygen atoms in total. The molecule has 11 heteroatoms. The third-order valence-electron chi connectivity index (χ3n) is 6.46. The van der Waals surface area contributed by atoms with Crippen LogP contribution < -0.4 is 4.90 Å². The number of thioether (sulfide) groups is 1. The van der Waals surface area contributed by atoms with Crippen molar-refractivity contribution in [1.29, 1.82) is 0 Å². The van der Waals surface area contributed by atoms with E-state index in [2.05, 4.69) is 26.7 Å². The number of rotatable bonds is 6. The lowest BCUT2D eigenvalue weighted by molar-refractivity contribution is -0.130. The van der Waals surface area contributed by atoms with Gasteiger partial charge in [0.2, 0.25) is 5.91 Å². The Labute approximate surface area is 214 Å². The number of piperazine rings is 2. The molecule has 2 aliphatic heterocycles. The number of hydrogen-bond donors (Lipinski definition) is 0. The van der Waals surface area contributed by atoms with E-state index in [9.17, 15) is 14.0 Å². The van der Waals surface area contributed by atoms with Crippen molar-refractivity contribution < 1.29 is 14.0 Å². The number of hydrogen-bond acceptors (Lipinski definition) is 7. The van der Waals surface area contributed by atoms with Crippen molar-refractivity contribution in [1.82, 2.24) is 24.7 Å². The Hall–Kier alpha value is -2.43. The molecule has 2 aliphatic rings. The highest BCUT2D eigenvalue weighted by Crippen LogP contribution is 2.25. The van der Waals surface area contributed by atoms with Crippen LogP contribution in [0.5, 0.6) is 0 Å². The summed E-state index contributed by atoms with van der Waals surface area (Å²) in [6.45, 7) is 10.1. The first-order chi connectivity index (χ1) is 16.8. The maximum atomic E-state index is 13.2. The Bertz CT molecular complexity index is 1050. The molecule has 2 saturated heterocycles. The molecule has 0 saturated carbocycles. The Kier molecular flexibility index (Phi) is 8.46. The van der Waals surface area contributed by atoms with Crippen LogP contribution in [0, 0.1) is 5.82 Å². The van der Waals surface area contributed by atoms with Crippen molar-refractivity contribution in [2.45, 2.75) is 25.0 Å². The summed E-state index contributed by atoms with van der Waals surface area (Å²) in [7, 11) is 0. The van der Waals surface area contributed by atoms with Crippen LogP contribution in [0.15, 0.2) is 35.5 Å². The van der Waals surface area contributed by atoms with E-state index in [1.807, 2.05) is 11.8 Å². The molecular formula is C24H30ClFN6O2S. The summed E-state index contributed by atoms with van der Waals surface area (Å²) in [5.41, 5.74) is 0.469. The summed E-state index contributed by atoms with van der Waals surface area (Å²) in [5, 5.41) is 0.782. The zero-order valence-electron chi connectivity index (χ0n) is 20.0. The Morgan fingerprint density at radius 3 is 2.46 bits per heavy atom. The first-order valence-corrected chi connectivity index (χ1v) is 13.2. The van der Waals surface area contributed by atoms with Crippen LogP contribution in [-0.4, -0.2) is 101 Å². The van der Waals surface area contributed by atoms with Crippen molar-refractivity contribution in [3.05, 3.63) is 46.9 Å². The second kappa shape index (κ2) is 11.5. The normalized spacial score (nSPS) is 19.2. The van der Waals surface area contributed by atoms with Crippen LogP contribution in [0.2, 0.25) is 5.15 Å². The fourth-order valence-corrected chi connectivity index (χ4v) is 5.35. The number of benzene rings is 1. The average molecular weight is 521 g/mol. The summed E-state index contributed by atoms with van der Waals surface area (Å²) < 4.78 is 13.2. The molecule has 1 aromatic heterocycles. The maximum Gasteiger partial charge on any atom is 0.254 e.